The summed E-state index contributed by atoms with van der Waals surface area (Å²) in [5.41, 5.74) is 3.34. The van der Waals surface area contributed by atoms with Crippen molar-refractivity contribution in [3.05, 3.63) is 59.2 Å². The molecule has 0 bridgehead atoms. The molecule has 0 aliphatic carbocycles. The lowest BCUT2D eigenvalue weighted by Gasteiger charge is -2.09. The van der Waals surface area contributed by atoms with E-state index in [0.29, 0.717) is 18.0 Å². The molecule has 34 heavy (non-hydrogen) atoms. The van der Waals surface area contributed by atoms with Crippen molar-refractivity contribution in [1.29, 1.82) is 0 Å². The molecule has 3 heterocycles. The molecule has 1 saturated heterocycles. The Labute approximate surface area is 197 Å². The lowest BCUT2D eigenvalue weighted by atomic mass is 10.1. The average molecular weight is 468 g/mol. The molecule has 1 unspecified atom stereocenters. The topological polar surface area (TPSA) is 120 Å². The number of benzene rings is 1. The second kappa shape index (κ2) is 10.8. The molecule has 1 fully saturated rings. The Kier molecular flexibility index (Phi) is 7.83. The Balaban J connectivity index is 0.000000271. The zero-order valence-electron chi connectivity index (χ0n) is 20.0. The first-order chi connectivity index (χ1) is 16.2. The largest absolute Gasteiger partial charge is 0.497 e. The first kappa shape index (κ1) is 24.7. The van der Waals surface area contributed by atoms with Gasteiger partial charge in [-0.2, -0.15) is 5.10 Å². The highest BCUT2D eigenvalue weighted by Crippen LogP contribution is 2.21. The van der Waals surface area contributed by atoms with Gasteiger partial charge in [-0.25, -0.2) is 9.69 Å². The summed E-state index contributed by atoms with van der Waals surface area (Å²) in [7, 11) is 1.69. The molecule has 3 amide bonds. The Morgan fingerprint density at radius 3 is 2.65 bits per heavy atom. The van der Waals surface area contributed by atoms with Gasteiger partial charge in [0.15, 0.2) is 0 Å². The predicted molar refractivity (Wildman–Crippen MR) is 125 cm³/mol. The van der Waals surface area contributed by atoms with E-state index in [1.54, 1.807) is 18.0 Å². The molecule has 3 aromatic rings. The number of ether oxygens (including phenoxy) is 1. The molecule has 2 aromatic heterocycles. The summed E-state index contributed by atoms with van der Waals surface area (Å²) in [5, 5.41) is 10.6. The highest BCUT2D eigenvalue weighted by molar-refractivity contribution is 6.21. The lowest BCUT2D eigenvalue weighted by molar-refractivity contribution is -0.123. The maximum atomic E-state index is 12.3. The predicted octanol–water partition coefficient (Wildman–Crippen LogP) is 3.20. The number of methoxy groups -OCH3 is 1. The van der Waals surface area contributed by atoms with Gasteiger partial charge in [-0.1, -0.05) is 24.2 Å². The van der Waals surface area contributed by atoms with Crippen LogP contribution in [-0.4, -0.2) is 45.8 Å². The summed E-state index contributed by atoms with van der Waals surface area (Å²) >= 11 is 0. The van der Waals surface area contributed by atoms with Crippen LogP contribution in [0.1, 0.15) is 42.8 Å². The zero-order valence-corrected chi connectivity index (χ0v) is 20.0. The van der Waals surface area contributed by atoms with Crippen molar-refractivity contribution in [2.75, 3.05) is 12.0 Å². The van der Waals surface area contributed by atoms with Crippen LogP contribution in [0.4, 0.5) is 10.5 Å². The molecule has 1 N–H and O–H groups in total. The van der Waals surface area contributed by atoms with Gasteiger partial charge in [-0.3, -0.25) is 14.3 Å². The fourth-order valence-electron chi connectivity index (χ4n) is 3.54. The Morgan fingerprint density at radius 1 is 1.26 bits per heavy atom. The van der Waals surface area contributed by atoms with Gasteiger partial charge in [0.1, 0.15) is 23.3 Å². The van der Waals surface area contributed by atoms with E-state index in [1.165, 1.54) is 18.7 Å². The standard InChI is InChI=1S/C15H17N5O4.C9H12O/c1-8(21)4-13-14(22)20(15(23)17-13)11-5-16-19(6-11)7-12-9(2)18-24-10(12)3;1-3-8-5-4-6-9(7-8)10-2/h5-6,13H,4,7H2,1-3H3,(H,17,23);4-7H,3H2,1-2H3. The van der Waals surface area contributed by atoms with Crippen LogP contribution in [0.25, 0.3) is 0 Å². The molecule has 10 heteroatoms. The number of hydrogen-bond donors (Lipinski definition) is 1. The van der Waals surface area contributed by atoms with Crippen molar-refractivity contribution in [2.45, 2.75) is 53.1 Å². The molecule has 1 aliphatic heterocycles. The Bertz CT molecular complexity index is 1140. The lowest BCUT2D eigenvalue weighted by Crippen LogP contribution is -2.32. The number of aryl methyl sites for hydroxylation is 3. The van der Waals surface area contributed by atoms with Crippen molar-refractivity contribution in [3.8, 4) is 5.75 Å². The van der Waals surface area contributed by atoms with Gasteiger partial charge >= 0.3 is 6.03 Å². The van der Waals surface area contributed by atoms with Crippen molar-refractivity contribution in [2.24, 2.45) is 0 Å². The van der Waals surface area contributed by atoms with Crippen molar-refractivity contribution >= 4 is 23.4 Å². The number of aromatic nitrogens is 3. The summed E-state index contributed by atoms with van der Waals surface area (Å²) in [4.78, 5) is 36.5. The van der Waals surface area contributed by atoms with E-state index in [2.05, 4.69) is 34.6 Å². The van der Waals surface area contributed by atoms with Gasteiger partial charge in [0.2, 0.25) is 0 Å². The fourth-order valence-corrected chi connectivity index (χ4v) is 3.54. The maximum absolute atomic E-state index is 12.3. The number of rotatable bonds is 7. The molecular weight excluding hydrogens is 438 g/mol. The number of imide groups is 1. The number of anilines is 1. The van der Waals surface area contributed by atoms with Crippen LogP contribution in [-0.2, 0) is 22.6 Å². The maximum Gasteiger partial charge on any atom is 0.329 e. The highest BCUT2D eigenvalue weighted by Gasteiger charge is 2.40. The average Bonchev–Trinajstić information content (AvgIpc) is 3.48. The molecule has 180 valence electrons. The van der Waals surface area contributed by atoms with Gasteiger partial charge in [0.05, 0.1) is 31.2 Å². The van der Waals surface area contributed by atoms with Crippen LogP contribution in [0, 0.1) is 13.8 Å². The van der Waals surface area contributed by atoms with Crippen LogP contribution < -0.4 is 15.0 Å². The van der Waals surface area contributed by atoms with E-state index < -0.39 is 18.0 Å². The molecule has 10 nitrogen and oxygen atoms in total. The van der Waals surface area contributed by atoms with Crippen molar-refractivity contribution in [3.63, 3.8) is 0 Å². The number of nitrogens with one attached hydrogen (secondary N) is 1. The summed E-state index contributed by atoms with van der Waals surface area (Å²) in [6.45, 7) is 7.57. The molecule has 0 saturated carbocycles. The third-order valence-electron chi connectivity index (χ3n) is 5.43. The van der Waals surface area contributed by atoms with E-state index in [0.717, 1.165) is 28.3 Å². The minimum atomic E-state index is -0.819. The molecule has 0 radical (unpaired) electrons. The number of carbonyl (C=O) groups excluding carboxylic acids is 3. The van der Waals surface area contributed by atoms with Gasteiger partial charge < -0.3 is 14.6 Å². The second-order valence-electron chi connectivity index (χ2n) is 7.99. The minimum absolute atomic E-state index is 0.0196. The summed E-state index contributed by atoms with van der Waals surface area (Å²) < 4.78 is 11.8. The minimum Gasteiger partial charge on any atom is -0.497 e. The first-order valence-corrected chi connectivity index (χ1v) is 10.9. The smallest absolute Gasteiger partial charge is 0.329 e. The number of Topliss-reactive ketones (excluding diaryl/α,β-unsaturated/α-hetero) is 1. The van der Waals surface area contributed by atoms with Gasteiger partial charge in [0, 0.05) is 18.2 Å². The third kappa shape index (κ3) is 5.69. The fraction of sp³-hybridized carbons (Fsp3) is 0.375. The molecule has 0 spiro atoms. The quantitative estimate of drug-likeness (QED) is 0.530. The van der Waals surface area contributed by atoms with Crippen molar-refractivity contribution < 1.29 is 23.6 Å². The van der Waals surface area contributed by atoms with Crippen LogP contribution in [0.15, 0.2) is 41.2 Å². The first-order valence-electron chi connectivity index (χ1n) is 10.9. The van der Waals surface area contributed by atoms with Crippen LogP contribution in [0.3, 0.4) is 0 Å². The molecule has 4 rings (SSSR count). The normalized spacial score (nSPS) is 15.1. The monoisotopic (exact) mass is 467 g/mol. The van der Waals surface area contributed by atoms with Crippen molar-refractivity contribution in [1.82, 2.24) is 20.3 Å². The van der Waals surface area contributed by atoms with E-state index >= 15 is 0 Å². The van der Waals surface area contributed by atoms with E-state index in [-0.39, 0.29) is 12.2 Å². The Morgan fingerprint density at radius 2 is 2.03 bits per heavy atom. The molecule has 1 atom stereocenters. The van der Waals surface area contributed by atoms with Gasteiger partial charge in [0.25, 0.3) is 5.91 Å². The van der Waals surface area contributed by atoms with Crippen LogP contribution >= 0.6 is 0 Å². The van der Waals surface area contributed by atoms with Gasteiger partial charge in [-0.15, -0.1) is 0 Å². The summed E-state index contributed by atoms with van der Waals surface area (Å²) in [5.74, 6) is 1.03. The second-order valence-corrected chi connectivity index (χ2v) is 7.99. The summed E-state index contributed by atoms with van der Waals surface area (Å²) in [6, 6.07) is 6.75. The number of amides is 3. The Hall–Kier alpha value is -3.95. The molecule has 1 aliphatic rings. The van der Waals surface area contributed by atoms with E-state index in [9.17, 15) is 14.4 Å². The third-order valence-corrected chi connectivity index (χ3v) is 5.43. The molecular formula is C24H29N5O5. The van der Waals surface area contributed by atoms with Gasteiger partial charge in [-0.05, 0) is 44.9 Å². The zero-order chi connectivity index (χ0) is 24.8. The number of nitrogens with zero attached hydrogens (tertiary/aromatic N) is 4. The van der Waals surface area contributed by atoms with Crippen LogP contribution in [0.5, 0.6) is 5.75 Å². The van der Waals surface area contributed by atoms with E-state index in [4.69, 9.17) is 9.26 Å². The SMILES string of the molecule is CC(=O)CC1NC(=O)N(c2cnn(Cc3c(C)noc3C)c2)C1=O.CCc1cccc(OC)c1. The van der Waals surface area contributed by atoms with E-state index in [1.807, 2.05) is 26.0 Å². The number of hydrogen-bond acceptors (Lipinski definition) is 7. The highest BCUT2D eigenvalue weighted by atomic mass is 16.5. The van der Waals surface area contributed by atoms with Crippen LogP contribution in [0.2, 0.25) is 0 Å². The molecule has 1 aromatic carbocycles. The number of ketones is 1. The summed E-state index contributed by atoms with van der Waals surface area (Å²) in [6.07, 6.45) is 4.08. The number of urea groups is 1. The number of carbonyl (C=O) groups is 3.